The maximum Gasteiger partial charge on any atom is 0.0604 e. The molecule has 2 unspecified atom stereocenters. The molecule has 2 aliphatic heterocycles. The first kappa shape index (κ1) is 13.9. The summed E-state index contributed by atoms with van der Waals surface area (Å²) < 4.78 is 0. The van der Waals surface area contributed by atoms with Crippen molar-refractivity contribution in [3.8, 4) is 11.8 Å². The molecule has 2 heterocycles. The third-order valence-electron chi connectivity index (χ3n) is 4.57. The van der Waals surface area contributed by atoms with Crippen molar-refractivity contribution < 1.29 is 0 Å². The van der Waals surface area contributed by atoms with Crippen LogP contribution >= 0.6 is 0 Å². The number of piperidine rings is 2. The van der Waals surface area contributed by atoms with Crippen LogP contribution in [0.4, 0.5) is 0 Å². The third-order valence-corrected chi connectivity index (χ3v) is 4.57. The summed E-state index contributed by atoms with van der Waals surface area (Å²) in [4.78, 5) is 5.08. The maximum absolute atomic E-state index is 3.39. The van der Waals surface area contributed by atoms with Gasteiger partial charge in [0, 0.05) is 12.1 Å². The lowest BCUT2D eigenvalue weighted by molar-refractivity contribution is 0.178. The van der Waals surface area contributed by atoms with Crippen LogP contribution < -0.4 is 0 Å². The Morgan fingerprint density at radius 1 is 0.778 bits per heavy atom. The van der Waals surface area contributed by atoms with Crippen LogP contribution in [0.25, 0.3) is 0 Å². The average Bonchev–Trinajstić information content (AvgIpc) is 2.38. The Kier molecular flexibility index (Phi) is 5.53. The van der Waals surface area contributed by atoms with Crippen LogP contribution in [0.3, 0.4) is 0 Å². The largest absolute Gasteiger partial charge is 0.290 e. The van der Waals surface area contributed by atoms with Crippen molar-refractivity contribution in [1.82, 2.24) is 9.80 Å². The van der Waals surface area contributed by atoms with E-state index in [1.165, 1.54) is 51.6 Å². The fourth-order valence-electron chi connectivity index (χ4n) is 3.10. The van der Waals surface area contributed by atoms with Gasteiger partial charge in [0.15, 0.2) is 0 Å². The van der Waals surface area contributed by atoms with Crippen LogP contribution in [0, 0.1) is 11.8 Å². The monoisotopic (exact) mass is 248 g/mol. The predicted molar refractivity (Wildman–Crippen MR) is 77.5 cm³/mol. The molecule has 2 fully saturated rings. The van der Waals surface area contributed by atoms with Crippen molar-refractivity contribution in [2.45, 2.75) is 64.5 Å². The van der Waals surface area contributed by atoms with Gasteiger partial charge in [0.25, 0.3) is 0 Å². The molecule has 2 atom stereocenters. The summed E-state index contributed by atoms with van der Waals surface area (Å²) in [6.07, 6.45) is 8.22. The lowest BCUT2D eigenvalue weighted by atomic mass is 10.0. The molecule has 2 aliphatic rings. The molecule has 2 heteroatoms. The minimum Gasteiger partial charge on any atom is -0.290 e. The Hall–Kier alpha value is -0.520. The Bertz CT molecular complexity index is 274. The highest BCUT2D eigenvalue weighted by Gasteiger charge is 2.17. The van der Waals surface area contributed by atoms with Crippen molar-refractivity contribution in [2.75, 3.05) is 26.2 Å². The second-order valence-corrected chi connectivity index (χ2v) is 5.98. The van der Waals surface area contributed by atoms with Gasteiger partial charge in [-0.2, -0.15) is 0 Å². The van der Waals surface area contributed by atoms with Crippen molar-refractivity contribution in [2.24, 2.45) is 0 Å². The number of hydrogen-bond acceptors (Lipinski definition) is 2. The quantitative estimate of drug-likeness (QED) is 0.693. The Morgan fingerprint density at radius 3 is 1.61 bits per heavy atom. The molecule has 0 amide bonds. The predicted octanol–water partition coefficient (Wildman–Crippen LogP) is 2.74. The van der Waals surface area contributed by atoms with E-state index in [9.17, 15) is 0 Å². The molecular weight excluding hydrogens is 220 g/mol. The number of rotatable bonds is 2. The van der Waals surface area contributed by atoms with Crippen LogP contribution in [0.5, 0.6) is 0 Å². The van der Waals surface area contributed by atoms with E-state index in [4.69, 9.17) is 0 Å². The number of likely N-dealkylation sites (tertiary alicyclic amines) is 2. The molecule has 102 valence electrons. The average molecular weight is 248 g/mol. The van der Waals surface area contributed by atoms with Gasteiger partial charge in [0.1, 0.15) is 0 Å². The maximum atomic E-state index is 3.39. The Labute approximate surface area is 113 Å². The summed E-state index contributed by atoms with van der Waals surface area (Å²) in [5.74, 6) is 6.78. The molecule has 0 aromatic carbocycles. The van der Waals surface area contributed by atoms with Crippen LogP contribution in [0.15, 0.2) is 0 Å². The van der Waals surface area contributed by atoms with E-state index in [1.807, 2.05) is 0 Å². The van der Waals surface area contributed by atoms with E-state index in [-0.39, 0.29) is 0 Å². The summed E-state index contributed by atoms with van der Waals surface area (Å²) in [6, 6.07) is 1.48. The Balaban J connectivity index is 1.71. The van der Waals surface area contributed by atoms with Gasteiger partial charge in [-0.1, -0.05) is 24.7 Å². The van der Waals surface area contributed by atoms with Crippen molar-refractivity contribution >= 4 is 0 Å². The zero-order chi connectivity index (χ0) is 12.8. The normalized spacial score (nSPS) is 30.8. The molecule has 0 spiro atoms. The van der Waals surface area contributed by atoms with Crippen molar-refractivity contribution in [3.63, 3.8) is 0 Å². The molecule has 0 aromatic heterocycles. The highest BCUT2D eigenvalue weighted by molar-refractivity contribution is 5.04. The first-order chi connectivity index (χ1) is 8.77. The smallest absolute Gasteiger partial charge is 0.0604 e. The summed E-state index contributed by atoms with van der Waals surface area (Å²) >= 11 is 0. The first-order valence-corrected chi connectivity index (χ1v) is 7.71. The molecule has 0 N–H and O–H groups in total. The molecule has 2 saturated heterocycles. The summed E-state index contributed by atoms with van der Waals surface area (Å²) in [5.41, 5.74) is 0. The molecular formula is C16H28N2. The molecule has 0 aromatic rings. The first-order valence-electron chi connectivity index (χ1n) is 7.71. The van der Waals surface area contributed by atoms with Gasteiger partial charge in [-0.05, 0) is 52.6 Å². The molecule has 0 aliphatic carbocycles. The van der Waals surface area contributed by atoms with Gasteiger partial charge < -0.3 is 0 Å². The second kappa shape index (κ2) is 7.16. The van der Waals surface area contributed by atoms with E-state index >= 15 is 0 Å². The van der Waals surface area contributed by atoms with E-state index in [1.54, 1.807) is 0 Å². The molecule has 18 heavy (non-hydrogen) atoms. The van der Waals surface area contributed by atoms with Gasteiger partial charge in [-0.25, -0.2) is 0 Å². The number of nitrogens with zero attached hydrogens (tertiary/aromatic N) is 2. The molecule has 0 radical (unpaired) electrons. The van der Waals surface area contributed by atoms with Crippen LogP contribution in [0.2, 0.25) is 0 Å². The van der Waals surface area contributed by atoms with E-state index in [0.717, 1.165) is 25.2 Å². The molecule has 2 nitrogen and oxygen atoms in total. The second-order valence-electron chi connectivity index (χ2n) is 5.98. The van der Waals surface area contributed by atoms with Crippen molar-refractivity contribution in [1.29, 1.82) is 0 Å². The van der Waals surface area contributed by atoms with E-state index in [0.29, 0.717) is 0 Å². The van der Waals surface area contributed by atoms with Gasteiger partial charge in [-0.3, -0.25) is 9.80 Å². The van der Waals surface area contributed by atoms with Gasteiger partial charge in [0.2, 0.25) is 0 Å². The van der Waals surface area contributed by atoms with Gasteiger partial charge in [0.05, 0.1) is 13.1 Å². The summed E-state index contributed by atoms with van der Waals surface area (Å²) in [5, 5.41) is 0. The highest BCUT2D eigenvalue weighted by Crippen LogP contribution is 2.16. The highest BCUT2D eigenvalue weighted by atomic mass is 15.2. The molecule has 2 rings (SSSR count). The summed E-state index contributed by atoms with van der Waals surface area (Å²) in [7, 11) is 0. The minimum absolute atomic E-state index is 0.738. The van der Waals surface area contributed by atoms with E-state index in [2.05, 4.69) is 35.5 Å². The number of hydrogen-bond donors (Lipinski definition) is 0. The van der Waals surface area contributed by atoms with Crippen LogP contribution in [0.1, 0.15) is 52.4 Å². The van der Waals surface area contributed by atoms with Gasteiger partial charge in [-0.15, -0.1) is 0 Å². The zero-order valence-corrected chi connectivity index (χ0v) is 12.1. The van der Waals surface area contributed by atoms with Crippen molar-refractivity contribution in [3.05, 3.63) is 0 Å². The standard InChI is InChI=1S/C16H28N2/c1-15-9-3-5-11-17(15)13-7-8-14-18-12-6-4-10-16(18)2/h15-16H,3-6,9-14H2,1-2H3. The zero-order valence-electron chi connectivity index (χ0n) is 12.1. The third kappa shape index (κ3) is 4.00. The lowest BCUT2D eigenvalue weighted by Crippen LogP contribution is -2.38. The fourth-order valence-corrected chi connectivity index (χ4v) is 3.10. The SMILES string of the molecule is CC1CCCCN1CC#CCN1CCCCC1C. The topological polar surface area (TPSA) is 6.48 Å². The van der Waals surface area contributed by atoms with Crippen LogP contribution in [-0.2, 0) is 0 Å². The fraction of sp³-hybridized carbons (Fsp3) is 0.875. The molecule has 0 bridgehead atoms. The minimum atomic E-state index is 0.738. The summed E-state index contributed by atoms with van der Waals surface area (Å²) in [6.45, 7) is 9.12. The molecule has 0 saturated carbocycles. The Morgan fingerprint density at radius 2 is 1.22 bits per heavy atom. The van der Waals surface area contributed by atoms with Gasteiger partial charge >= 0.3 is 0 Å². The van der Waals surface area contributed by atoms with E-state index < -0.39 is 0 Å². The van der Waals surface area contributed by atoms with Crippen LogP contribution in [-0.4, -0.2) is 48.1 Å². The lowest BCUT2D eigenvalue weighted by Gasteiger charge is -2.32.